The molecule has 9 heteroatoms. The molecule has 0 saturated heterocycles. The normalized spacial score (nSPS) is 11.5. The molecule has 6 rings (SSSR count). The first-order valence-corrected chi connectivity index (χ1v) is 18.1. The largest absolute Gasteiger partial charge is 0.345 e. The van der Waals surface area contributed by atoms with Crippen LogP contribution in [0, 0.1) is 61.6 Å². The summed E-state index contributed by atoms with van der Waals surface area (Å²) in [5, 5.41) is 0. The molecule has 0 aliphatic heterocycles. The summed E-state index contributed by atoms with van der Waals surface area (Å²) in [5.74, 6) is -2.75. The van der Waals surface area contributed by atoms with Gasteiger partial charge in [-0.05, 0) is 85.0 Å². The molecule has 55 heavy (non-hydrogen) atoms. The van der Waals surface area contributed by atoms with Crippen molar-refractivity contribution in [1.82, 2.24) is 14.5 Å². The molecular weight excluding hydrogens is 877 g/mol. The number of unbranched alkanes of at least 4 members (excludes halogenated alkanes) is 1. The molecule has 0 aliphatic carbocycles. The van der Waals surface area contributed by atoms with Gasteiger partial charge in [0.15, 0.2) is 0 Å². The molecule has 0 fully saturated rings. The van der Waals surface area contributed by atoms with Gasteiger partial charge in [-0.2, -0.15) is 30.3 Å². The number of pyridine rings is 2. The van der Waals surface area contributed by atoms with Crippen molar-refractivity contribution in [2.45, 2.75) is 91.9 Å². The van der Waals surface area contributed by atoms with E-state index < -0.39 is 23.3 Å². The van der Waals surface area contributed by atoms with Crippen molar-refractivity contribution in [1.29, 1.82) is 0 Å². The predicted molar refractivity (Wildman–Crippen MR) is 205 cm³/mol. The third kappa shape index (κ3) is 11.1. The summed E-state index contributed by atoms with van der Waals surface area (Å²) in [4.78, 5) is 9.37. The molecule has 1 radical (unpaired) electrons. The van der Waals surface area contributed by atoms with Gasteiger partial charge in [-0.15, -0.1) is 24.3 Å². The maximum absolute atomic E-state index is 14.5. The quantitative estimate of drug-likeness (QED) is 0.0660. The van der Waals surface area contributed by atoms with E-state index >= 15 is 0 Å². The van der Waals surface area contributed by atoms with Crippen LogP contribution in [-0.2, 0) is 50.8 Å². The van der Waals surface area contributed by atoms with Gasteiger partial charge in [-0.25, -0.2) is 0 Å². The summed E-state index contributed by atoms with van der Waals surface area (Å²) in [6.07, 6.45) is 6.14. The fraction of sp³-hybridized carbons (Fsp3) is 0.326. The number of hydrogen-bond donors (Lipinski definition) is 0. The number of aryl methyl sites for hydroxylation is 3. The van der Waals surface area contributed by atoms with Gasteiger partial charge < -0.3 is 19.1 Å². The van der Waals surface area contributed by atoms with Gasteiger partial charge in [0.1, 0.15) is 0 Å². The van der Waals surface area contributed by atoms with Crippen LogP contribution in [0.4, 0.5) is 17.6 Å². The second kappa shape index (κ2) is 18.0. The van der Waals surface area contributed by atoms with Crippen LogP contribution in [0.1, 0.15) is 88.3 Å². The van der Waals surface area contributed by atoms with Gasteiger partial charge in [0.25, 0.3) is 0 Å². The van der Waals surface area contributed by atoms with E-state index in [0.717, 1.165) is 65.3 Å². The first-order valence-electron chi connectivity index (χ1n) is 18.1. The molecule has 3 heterocycles. The molecule has 3 aromatic carbocycles. The van der Waals surface area contributed by atoms with Crippen LogP contribution >= 0.6 is 0 Å². The Morgan fingerprint density at radius 2 is 1.15 bits per heavy atom. The zero-order valence-electron chi connectivity index (χ0n) is 32.9. The Morgan fingerprint density at radius 3 is 1.51 bits per heavy atom. The number of para-hydroxylation sites is 1. The van der Waals surface area contributed by atoms with E-state index in [4.69, 9.17) is 0 Å². The average molecular weight is 924 g/mol. The van der Waals surface area contributed by atoms with Crippen LogP contribution in [-0.4, -0.2) is 14.5 Å². The van der Waals surface area contributed by atoms with Gasteiger partial charge in [-0.1, -0.05) is 82.6 Å². The van der Waals surface area contributed by atoms with Crippen molar-refractivity contribution >= 4 is 0 Å². The van der Waals surface area contributed by atoms with Gasteiger partial charge in [0.2, 0.25) is 6.33 Å². The van der Waals surface area contributed by atoms with Gasteiger partial charge in [0.05, 0.1) is 7.05 Å². The van der Waals surface area contributed by atoms with Gasteiger partial charge >= 0.3 is 0 Å². The fourth-order valence-electron chi connectivity index (χ4n) is 5.91. The molecular formula is C46H47F4IrN4-3. The van der Waals surface area contributed by atoms with Gasteiger partial charge in [0, 0.05) is 66.1 Å². The molecule has 3 aromatic heterocycles. The van der Waals surface area contributed by atoms with Crippen molar-refractivity contribution in [3.05, 3.63) is 154 Å². The molecule has 0 saturated carbocycles. The summed E-state index contributed by atoms with van der Waals surface area (Å²) >= 11 is 0. The van der Waals surface area contributed by atoms with Crippen LogP contribution in [0.3, 0.4) is 0 Å². The van der Waals surface area contributed by atoms with E-state index in [1.54, 1.807) is 0 Å². The Kier molecular flexibility index (Phi) is 14.2. The molecule has 0 aliphatic rings. The summed E-state index contributed by atoms with van der Waals surface area (Å²) in [6.45, 7) is 16.6. The zero-order valence-corrected chi connectivity index (χ0v) is 35.3. The first-order chi connectivity index (χ1) is 25.4. The summed E-state index contributed by atoms with van der Waals surface area (Å²) < 4.78 is 60.1. The SMILES string of the molecule is CC(C)(C)c1cc(CCCCc2cc(C(C)(C)C)cc(-c3[c-]cc(F)cc3F)n2)nc(-c2[c-]cc(F)cc2F)c1.Cc1c(C)[n+](C)[c-]n1-c1[c-]cccc1.[Ir]. The summed E-state index contributed by atoms with van der Waals surface area (Å²) in [6, 6.07) is 28.2. The molecule has 0 atom stereocenters. The molecule has 0 spiro atoms. The molecule has 291 valence electrons. The second-order valence-corrected chi connectivity index (χ2v) is 15.7. The number of nitrogens with zero attached hydrogens (tertiary/aromatic N) is 4. The summed E-state index contributed by atoms with van der Waals surface area (Å²) in [5.41, 5.74) is 7.89. The number of halogens is 4. The van der Waals surface area contributed by atoms with Crippen LogP contribution in [0.5, 0.6) is 0 Å². The third-order valence-electron chi connectivity index (χ3n) is 9.38. The Bertz CT molecular complexity index is 2120. The molecule has 0 bridgehead atoms. The van der Waals surface area contributed by atoms with E-state index in [-0.39, 0.29) is 42.1 Å². The van der Waals surface area contributed by atoms with Crippen LogP contribution < -0.4 is 4.57 Å². The Hall–Kier alpha value is -4.46. The van der Waals surface area contributed by atoms with Crippen LogP contribution in [0.2, 0.25) is 0 Å². The van der Waals surface area contributed by atoms with Crippen LogP contribution in [0.25, 0.3) is 28.2 Å². The standard InChI is InChI=1S/C34H34F4N2.C12H13N2.Ir/c1-33(2,3)21-15-25(39-31(17-21)27-13-11-23(35)19-29(27)37)9-7-8-10-26-16-22(34(4,5)6)18-32(40-26)28-14-12-24(36)20-30(28)38;1-10-11(2)14(9-13(10)3)12-7-5-4-6-8-12;/h11-12,15-20H,7-10H2,1-6H3;4-7H,1-3H3;/q-2;-1;. The minimum atomic E-state index is -0.694. The van der Waals surface area contributed by atoms with Crippen molar-refractivity contribution in [3.63, 3.8) is 0 Å². The second-order valence-electron chi connectivity index (χ2n) is 15.7. The summed E-state index contributed by atoms with van der Waals surface area (Å²) in [7, 11) is 2.00. The molecule has 6 aromatic rings. The van der Waals surface area contributed by atoms with Gasteiger partial charge in [-0.3, -0.25) is 17.6 Å². The molecule has 4 nitrogen and oxygen atoms in total. The molecule has 0 unspecified atom stereocenters. The van der Waals surface area contributed by atoms with E-state index in [0.29, 0.717) is 24.2 Å². The number of aromatic nitrogens is 4. The van der Waals surface area contributed by atoms with Crippen molar-refractivity contribution in [3.8, 4) is 28.2 Å². The Labute approximate surface area is 337 Å². The molecule has 0 amide bonds. The fourth-order valence-corrected chi connectivity index (χ4v) is 5.91. The maximum atomic E-state index is 14.5. The predicted octanol–water partition coefficient (Wildman–Crippen LogP) is 10.6. The smallest absolute Gasteiger partial charge is 0.241 e. The monoisotopic (exact) mass is 924 g/mol. The minimum absolute atomic E-state index is 0. The topological polar surface area (TPSA) is 34.6 Å². The third-order valence-corrected chi connectivity index (χ3v) is 9.38. The van der Waals surface area contributed by atoms with E-state index in [2.05, 4.69) is 89.9 Å². The maximum Gasteiger partial charge on any atom is 0.241 e. The Morgan fingerprint density at radius 1 is 0.673 bits per heavy atom. The van der Waals surface area contributed by atoms with E-state index in [1.165, 1.54) is 11.4 Å². The number of rotatable bonds is 8. The van der Waals surface area contributed by atoms with Crippen LogP contribution in [0.15, 0.2) is 72.8 Å². The first kappa shape index (κ1) is 43.3. The molecule has 0 N–H and O–H groups in total. The number of imidazole rings is 1. The van der Waals surface area contributed by atoms with Crippen molar-refractivity contribution in [2.75, 3.05) is 0 Å². The van der Waals surface area contributed by atoms with Crippen molar-refractivity contribution in [2.24, 2.45) is 7.05 Å². The Balaban J connectivity index is 0.000000375. The minimum Gasteiger partial charge on any atom is -0.345 e. The van der Waals surface area contributed by atoms with E-state index in [9.17, 15) is 17.6 Å². The van der Waals surface area contributed by atoms with Crippen molar-refractivity contribution < 1.29 is 42.2 Å². The number of hydrogen-bond acceptors (Lipinski definition) is 2. The zero-order chi connectivity index (χ0) is 39.4. The number of benzene rings is 3. The van der Waals surface area contributed by atoms with E-state index in [1.807, 2.05) is 64.7 Å². The average Bonchev–Trinajstić information content (AvgIpc) is 3.37.